The van der Waals surface area contributed by atoms with Crippen molar-refractivity contribution in [2.45, 2.75) is 19.1 Å². The van der Waals surface area contributed by atoms with Crippen LogP contribution in [0.4, 0.5) is 10.1 Å². The lowest BCUT2D eigenvalue weighted by molar-refractivity contribution is -0.120. The van der Waals surface area contributed by atoms with Gasteiger partial charge in [0.05, 0.1) is 12.2 Å². The molecule has 29 heavy (non-hydrogen) atoms. The fourth-order valence-corrected chi connectivity index (χ4v) is 3.40. The van der Waals surface area contributed by atoms with Gasteiger partial charge in [0.2, 0.25) is 5.91 Å². The van der Waals surface area contributed by atoms with Gasteiger partial charge >= 0.3 is 0 Å². The lowest BCUT2D eigenvalue weighted by atomic mass is 10.0. The minimum Gasteiger partial charge on any atom is -0.387 e. The second kappa shape index (κ2) is 8.30. The van der Waals surface area contributed by atoms with Crippen LogP contribution in [0.1, 0.15) is 23.7 Å². The number of anilines is 1. The number of hydrogen-bond donors (Lipinski definition) is 2. The molecule has 1 fully saturated rings. The fourth-order valence-electron chi connectivity index (χ4n) is 3.40. The highest BCUT2D eigenvalue weighted by molar-refractivity contribution is 6.39. The molecule has 0 saturated carbocycles. The first-order chi connectivity index (χ1) is 14.1. The summed E-state index contributed by atoms with van der Waals surface area (Å²) in [6.45, 7) is 1.35. The number of nitrogens with zero attached hydrogens (tertiary/aromatic N) is 2. The van der Waals surface area contributed by atoms with E-state index in [9.17, 15) is 14.0 Å². The predicted molar refractivity (Wildman–Crippen MR) is 106 cm³/mol. The summed E-state index contributed by atoms with van der Waals surface area (Å²) in [6, 6.07) is 14.3. The maximum absolute atomic E-state index is 14.5. The summed E-state index contributed by atoms with van der Waals surface area (Å²) in [6.07, 6.45) is 0.121. The molecule has 2 aliphatic rings. The van der Waals surface area contributed by atoms with Crippen LogP contribution >= 0.6 is 0 Å². The number of carbonyl (C=O) groups excluding carboxylic acids is 2. The second-order valence-corrected chi connectivity index (χ2v) is 6.99. The lowest BCUT2D eigenvalue weighted by Crippen LogP contribution is -2.48. The average Bonchev–Trinajstić information content (AvgIpc) is 3.23. The van der Waals surface area contributed by atoms with Crippen molar-refractivity contribution in [2.24, 2.45) is 5.16 Å². The SMILES string of the molecule is O=C1CN(c2ccc(CNC(=O)C3=NO[C@H](c4ccccc4)C3)cc2F)CCN1. The third-order valence-electron chi connectivity index (χ3n) is 4.95. The first-order valence-electron chi connectivity index (χ1n) is 9.46. The minimum absolute atomic E-state index is 0.125. The number of oxime groups is 1. The first kappa shape index (κ1) is 18.9. The number of amides is 2. The molecule has 2 amide bonds. The highest BCUT2D eigenvalue weighted by Crippen LogP contribution is 2.27. The van der Waals surface area contributed by atoms with Gasteiger partial charge in [-0.05, 0) is 23.3 Å². The van der Waals surface area contributed by atoms with Crippen molar-refractivity contribution in [2.75, 3.05) is 24.5 Å². The van der Waals surface area contributed by atoms with E-state index in [1.54, 1.807) is 17.0 Å². The van der Waals surface area contributed by atoms with Gasteiger partial charge in [-0.2, -0.15) is 0 Å². The number of rotatable bonds is 5. The van der Waals surface area contributed by atoms with Gasteiger partial charge in [-0.15, -0.1) is 0 Å². The van der Waals surface area contributed by atoms with Crippen LogP contribution in [-0.2, 0) is 21.0 Å². The van der Waals surface area contributed by atoms with E-state index in [4.69, 9.17) is 4.84 Å². The minimum atomic E-state index is -0.419. The molecule has 2 aromatic rings. The summed E-state index contributed by atoms with van der Waals surface area (Å²) in [7, 11) is 0. The summed E-state index contributed by atoms with van der Waals surface area (Å²) in [5.41, 5.74) is 2.28. The van der Waals surface area contributed by atoms with E-state index in [1.807, 2.05) is 30.3 Å². The number of carbonyl (C=O) groups is 2. The Morgan fingerprint density at radius 3 is 2.86 bits per heavy atom. The van der Waals surface area contributed by atoms with Crippen LogP contribution in [-0.4, -0.2) is 37.2 Å². The number of piperazine rings is 1. The molecule has 1 saturated heterocycles. The van der Waals surface area contributed by atoms with Crippen molar-refractivity contribution in [3.8, 4) is 0 Å². The van der Waals surface area contributed by atoms with Crippen molar-refractivity contribution < 1.29 is 18.8 Å². The highest BCUT2D eigenvalue weighted by Gasteiger charge is 2.27. The molecule has 2 aliphatic heterocycles. The van der Waals surface area contributed by atoms with E-state index in [1.165, 1.54) is 6.07 Å². The third-order valence-corrected chi connectivity index (χ3v) is 4.95. The van der Waals surface area contributed by atoms with Gasteiger partial charge in [0.15, 0.2) is 6.10 Å². The van der Waals surface area contributed by atoms with Crippen LogP contribution in [0.25, 0.3) is 0 Å². The maximum Gasteiger partial charge on any atom is 0.269 e. The smallest absolute Gasteiger partial charge is 0.269 e. The van der Waals surface area contributed by atoms with Crippen molar-refractivity contribution in [3.05, 3.63) is 65.5 Å². The van der Waals surface area contributed by atoms with Gasteiger partial charge in [0.25, 0.3) is 5.91 Å². The molecule has 2 aromatic carbocycles. The Hall–Kier alpha value is -3.42. The summed E-state index contributed by atoms with van der Waals surface area (Å²) in [5, 5.41) is 9.36. The van der Waals surface area contributed by atoms with E-state index in [0.29, 0.717) is 36.5 Å². The molecule has 0 spiro atoms. The molecule has 2 heterocycles. The van der Waals surface area contributed by atoms with Gasteiger partial charge in [0, 0.05) is 26.1 Å². The fraction of sp³-hybridized carbons (Fsp3) is 0.286. The Morgan fingerprint density at radius 2 is 2.10 bits per heavy atom. The zero-order valence-electron chi connectivity index (χ0n) is 15.7. The number of halogens is 1. The predicted octanol–water partition coefficient (Wildman–Crippen LogP) is 1.90. The van der Waals surface area contributed by atoms with Crippen LogP contribution < -0.4 is 15.5 Å². The van der Waals surface area contributed by atoms with Gasteiger partial charge in [-0.25, -0.2) is 4.39 Å². The largest absolute Gasteiger partial charge is 0.387 e. The highest BCUT2D eigenvalue weighted by atomic mass is 19.1. The Kier molecular flexibility index (Phi) is 5.41. The van der Waals surface area contributed by atoms with Crippen molar-refractivity contribution in [1.29, 1.82) is 0 Å². The van der Waals surface area contributed by atoms with Crippen molar-refractivity contribution >= 4 is 23.2 Å². The van der Waals surface area contributed by atoms with Gasteiger partial charge in [-0.1, -0.05) is 41.6 Å². The monoisotopic (exact) mass is 396 g/mol. The average molecular weight is 396 g/mol. The number of benzene rings is 2. The molecule has 0 bridgehead atoms. The third kappa shape index (κ3) is 4.37. The molecule has 7 nitrogen and oxygen atoms in total. The molecular formula is C21H21FN4O3. The molecule has 0 aliphatic carbocycles. The first-order valence-corrected chi connectivity index (χ1v) is 9.46. The van der Waals surface area contributed by atoms with Gasteiger partial charge in [0.1, 0.15) is 11.5 Å². The molecule has 0 radical (unpaired) electrons. The standard InChI is InChI=1S/C21H21FN4O3/c22-16-10-14(6-7-18(16)26-9-8-23-20(27)13-26)12-24-21(28)17-11-19(29-25-17)15-4-2-1-3-5-15/h1-7,10,19H,8-9,11-13H2,(H,23,27)(H,24,28)/t19-/m0/s1. The van der Waals surface area contributed by atoms with E-state index in [2.05, 4.69) is 15.8 Å². The van der Waals surface area contributed by atoms with Crippen LogP contribution in [0, 0.1) is 5.82 Å². The molecular weight excluding hydrogens is 375 g/mol. The number of hydrogen-bond acceptors (Lipinski definition) is 5. The van der Waals surface area contributed by atoms with E-state index in [-0.39, 0.29) is 31.0 Å². The maximum atomic E-state index is 14.5. The van der Waals surface area contributed by atoms with Crippen LogP contribution in [0.15, 0.2) is 53.7 Å². The summed E-state index contributed by atoms with van der Waals surface area (Å²) in [5.74, 6) is -0.877. The number of nitrogens with one attached hydrogen (secondary N) is 2. The van der Waals surface area contributed by atoms with E-state index in [0.717, 1.165) is 5.56 Å². The van der Waals surface area contributed by atoms with Crippen molar-refractivity contribution in [3.63, 3.8) is 0 Å². The van der Waals surface area contributed by atoms with E-state index >= 15 is 0 Å². The van der Waals surface area contributed by atoms with Crippen LogP contribution in [0.2, 0.25) is 0 Å². The van der Waals surface area contributed by atoms with Gasteiger partial charge in [-0.3, -0.25) is 9.59 Å². The molecule has 8 heteroatoms. The van der Waals surface area contributed by atoms with Crippen LogP contribution in [0.5, 0.6) is 0 Å². The molecule has 0 aromatic heterocycles. The topological polar surface area (TPSA) is 83.0 Å². The molecule has 2 N–H and O–H groups in total. The zero-order valence-corrected chi connectivity index (χ0v) is 15.7. The Balaban J connectivity index is 1.33. The van der Waals surface area contributed by atoms with Gasteiger partial charge < -0.3 is 20.4 Å². The summed E-state index contributed by atoms with van der Waals surface area (Å²) in [4.78, 5) is 30.9. The Morgan fingerprint density at radius 1 is 1.28 bits per heavy atom. The summed E-state index contributed by atoms with van der Waals surface area (Å²) >= 11 is 0. The Labute approximate surface area is 167 Å². The molecule has 1 atom stereocenters. The lowest BCUT2D eigenvalue weighted by Gasteiger charge is -2.29. The molecule has 150 valence electrons. The zero-order chi connectivity index (χ0) is 20.2. The molecule has 0 unspecified atom stereocenters. The van der Waals surface area contributed by atoms with Crippen molar-refractivity contribution in [1.82, 2.24) is 10.6 Å². The quantitative estimate of drug-likeness (QED) is 0.809. The van der Waals surface area contributed by atoms with E-state index < -0.39 is 5.82 Å². The Bertz CT molecular complexity index is 948. The molecule has 4 rings (SSSR count). The summed E-state index contributed by atoms with van der Waals surface area (Å²) < 4.78 is 14.5. The van der Waals surface area contributed by atoms with Crippen LogP contribution in [0.3, 0.4) is 0 Å². The normalized spacial score (nSPS) is 18.7. The second-order valence-electron chi connectivity index (χ2n) is 6.99.